The Bertz CT molecular complexity index is 3120. The van der Waals surface area contributed by atoms with Crippen molar-refractivity contribution in [2.45, 2.75) is 13.5 Å². The van der Waals surface area contributed by atoms with Gasteiger partial charge in [0.15, 0.2) is 82.5 Å². The molecule has 0 saturated carbocycles. The molecule has 0 fully saturated rings. The van der Waals surface area contributed by atoms with E-state index in [1.165, 1.54) is 0 Å². The first-order valence-electron chi connectivity index (χ1n) is 19.9. The number of carbonyl (C=O) groups excluding carboxylic acids is 1. The van der Waals surface area contributed by atoms with Gasteiger partial charge in [0.1, 0.15) is 58.4 Å². The van der Waals surface area contributed by atoms with E-state index in [9.17, 15) is 57.5 Å². The van der Waals surface area contributed by atoms with E-state index in [1.807, 2.05) is 90.5 Å². The monoisotopic (exact) mass is 1030 g/mol. The molecule has 24 heteroatoms. The molecule has 0 spiro atoms. The molecule has 0 amide bonds. The standard InChI is InChI=1S/C24BF20.C24H20NO2/c26-5-1(6(27)14(35)21(42)13(5)34)25(2-7(28)15(36)22(43)16(37)8(2)29,3-9(30)17(38)23(44)18(39)10(3)31)4-11(32)19(40)24(45)20(41)12(4)33;1-18-11-13-21(14-12-18)27-24(26)23-22-10-6-5-9-20(22)15-16-25(23)17-19-7-3-2-4-8-19/h;2-16H,17H2,1H3/q-1;+1. The molecule has 0 N–H and O–H groups in total. The lowest BCUT2D eigenvalue weighted by atomic mass is 9.12. The number of aryl methyl sites for hydroxylation is 1. The number of aromatic nitrogens is 1. The number of rotatable bonds is 8. The Morgan fingerprint density at radius 2 is 0.722 bits per heavy atom. The first-order chi connectivity index (χ1) is 33.9. The second kappa shape index (κ2) is 19.7. The Kier molecular flexibility index (Phi) is 14.2. The summed E-state index contributed by atoms with van der Waals surface area (Å²) in [5.74, 6) is -71.2. The van der Waals surface area contributed by atoms with E-state index < -0.39 is 144 Å². The summed E-state index contributed by atoms with van der Waals surface area (Å²) in [5, 5.41) is 1.89. The average Bonchev–Trinajstić information content (AvgIpc) is 3.37. The highest BCUT2D eigenvalue weighted by atomic mass is 19.2. The van der Waals surface area contributed by atoms with Gasteiger partial charge in [-0.05, 0) is 30.5 Å². The Morgan fingerprint density at radius 3 is 1.08 bits per heavy atom. The minimum absolute atomic E-state index is 0.355. The molecule has 372 valence electrons. The third kappa shape index (κ3) is 8.40. The summed E-state index contributed by atoms with van der Waals surface area (Å²) in [6.07, 6.45) is -5.27. The second-order valence-electron chi connectivity index (χ2n) is 15.4. The first kappa shape index (κ1) is 51.9. The lowest BCUT2D eigenvalue weighted by molar-refractivity contribution is -0.689. The highest BCUT2D eigenvalue weighted by molar-refractivity contribution is 7.20. The number of ether oxygens (including phenoxy) is 1. The molecule has 0 aliphatic heterocycles. The molecule has 0 bridgehead atoms. The molecule has 8 aromatic rings. The van der Waals surface area contributed by atoms with Crippen LogP contribution in [-0.4, -0.2) is 12.1 Å². The van der Waals surface area contributed by atoms with Crippen molar-refractivity contribution in [3.05, 3.63) is 224 Å². The summed E-state index contributed by atoms with van der Waals surface area (Å²) < 4.78 is 302. The summed E-state index contributed by atoms with van der Waals surface area (Å²) in [7, 11) is 0. The van der Waals surface area contributed by atoms with Crippen molar-refractivity contribution >= 4 is 44.7 Å². The van der Waals surface area contributed by atoms with E-state index >= 15 is 35.1 Å². The topological polar surface area (TPSA) is 30.2 Å². The summed E-state index contributed by atoms with van der Waals surface area (Å²) >= 11 is 0. The number of fused-ring (bicyclic) bond motifs is 1. The molecule has 0 unspecified atom stereocenters. The van der Waals surface area contributed by atoms with Crippen LogP contribution in [0.5, 0.6) is 5.75 Å². The molecule has 8 rings (SSSR count). The lowest BCUT2D eigenvalue weighted by Gasteiger charge is -2.44. The van der Waals surface area contributed by atoms with Crippen molar-refractivity contribution in [2.75, 3.05) is 0 Å². The van der Waals surface area contributed by atoms with Crippen molar-refractivity contribution in [1.29, 1.82) is 0 Å². The Hall–Kier alpha value is -7.92. The van der Waals surface area contributed by atoms with Gasteiger partial charge in [0, 0.05) is 11.6 Å². The fraction of sp³-hybridized carbons (Fsp3) is 0.0417. The highest BCUT2D eigenvalue weighted by Gasteiger charge is 2.52. The van der Waals surface area contributed by atoms with Crippen molar-refractivity contribution in [3.8, 4) is 5.75 Å². The van der Waals surface area contributed by atoms with Crippen LogP contribution in [-0.2, 0) is 6.54 Å². The van der Waals surface area contributed by atoms with E-state index in [1.54, 1.807) is 0 Å². The lowest BCUT2D eigenvalue weighted by Crippen LogP contribution is -2.81. The number of esters is 1. The Morgan fingerprint density at radius 1 is 0.403 bits per heavy atom. The third-order valence-electron chi connectivity index (χ3n) is 11.3. The van der Waals surface area contributed by atoms with Crippen LogP contribution in [0.3, 0.4) is 0 Å². The Labute approximate surface area is 389 Å². The SMILES string of the molecule is Cc1ccc(OC(=O)c2c3ccccc3cc[n+]2Cc2ccccc2)cc1.Fc1c(F)c(F)c([B-](c2c(F)c(F)c(F)c(F)c2F)(c2c(F)c(F)c(F)c(F)c2F)c2c(F)c(F)c(F)c(F)c2F)c(F)c1F. The maximum atomic E-state index is 15.4. The van der Waals surface area contributed by atoms with Crippen molar-refractivity contribution in [3.63, 3.8) is 0 Å². The number of nitrogens with zero attached hydrogens (tertiary/aromatic N) is 1. The van der Waals surface area contributed by atoms with Gasteiger partial charge in [0.2, 0.25) is 0 Å². The van der Waals surface area contributed by atoms with Crippen LogP contribution in [0.15, 0.2) is 91.1 Å². The molecule has 72 heavy (non-hydrogen) atoms. The van der Waals surface area contributed by atoms with Gasteiger partial charge in [-0.15, -0.1) is 21.9 Å². The zero-order valence-corrected chi connectivity index (χ0v) is 35.3. The molecule has 7 aromatic carbocycles. The van der Waals surface area contributed by atoms with Crippen LogP contribution in [0.25, 0.3) is 10.8 Å². The predicted octanol–water partition coefficient (Wildman–Crippen LogP) is 10.5. The van der Waals surface area contributed by atoms with Crippen molar-refractivity contribution in [2.24, 2.45) is 0 Å². The van der Waals surface area contributed by atoms with Gasteiger partial charge in [-0.3, -0.25) is 0 Å². The molecule has 0 radical (unpaired) electrons. The number of hydrogen-bond donors (Lipinski definition) is 0. The Balaban J connectivity index is 0.000000238. The van der Waals surface area contributed by atoms with Crippen LogP contribution >= 0.6 is 0 Å². The molecule has 0 aliphatic rings. The van der Waals surface area contributed by atoms with Crippen LogP contribution in [0.2, 0.25) is 0 Å². The fourth-order valence-corrected chi connectivity index (χ4v) is 8.03. The molecular weight excluding hydrogens is 1010 g/mol. The van der Waals surface area contributed by atoms with E-state index in [4.69, 9.17) is 4.74 Å². The predicted molar refractivity (Wildman–Crippen MR) is 215 cm³/mol. The maximum absolute atomic E-state index is 15.4. The normalized spacial score (nSPS) is 11.5. The van der Waals surface area contributed by atoms with Gasteiger partial charge in [-0.1, -0.05) is 66.2 Å². The average molecular weight is 1030 g/mol. The summed E-state index contributed by atoms with van der Waals surface area (Å²) in [6.45, 7) is 2.61. The number of halogens is 20. The van der Waals surface area contributed by atoms with Gasteiger partial charge in [0.05, 0.1) is 5.39 Å². The largest absolute Gasteiger partial charge is 0.419 e. The number of carbonyl (C=O) groups is 1. The van der Waals surface area contributed by atoms with Gasteiger partial charge in [-0.2, -0.15) is 4.57 Å². The van der Waals surface area contributed by atoms with Crippen molar-refractivity contribution in [1.82, 2.24) is 0 Å². The fourth-order valence-electron chi connectivity index (χ4n) is 8.03. The van der Waals surface area contributed by atoms with E-state index in [0.29, 0.717) is 18.0 Å². The van der Waals surface area contributed by atoms with Crippen LogP contribution < -0.4 is 31.2 Å². The number of hydrogen-bond acceptors (Lipinski definition) is 2. The minimum atomic E-state index is -7.22. The molecule has 1 aromatic heterocycles. The molecule has 0 aliphatic carbocycles. The smallest absolute Gasteiger partial charge is 0.409 e. The zero-order valence-electron chi connectivity index (χ0n) is 35.3. The van der Waals surface area contributed by atoms with E-state index in [2.05, 4.69) is 12.1 Å². The van der Waals surface area contributed by atoms with Gasteiger partial charge >= 0.3 is 5.97 Å². The van der Waals surface area contributed by atoms with Crippen LogP contribution in [0.1, 0.15) is 21.6 Å². The highest BCUT2D eigenvalue weighted by Crippen LogP contribution is 2.31. The zero-order chi connectivity index (χ0) is 53.0. The number of benzene rings is 7. The van der Waals surface area contributed by atoms with Gasteiger partial charge < -0.3 is 4.74 Å². The molecule has 1 heterocycles. The minimum Gasteiger partial charge on any atom is -0.419 e. The summed E-state index contributed by atoms with van der Waals surface area (Å²) in [5.41, 5.74) is -11.5. The molecule has 0 atom stereocenters. The summed E-state index contributed by atoms with van der Waals surface area (Å²) in [6, 6.07) is 27.5. The molecule has 0 saturated heterocycles. The first-order valence-corrected chi connectivity index (χ1v) is 19.9. The maximum Gasteiger partial charge on any atom is 0.409 e. The van der Waals surface area contributed by atoms with Gasteiger partial charge in [0.25, 0.3) is 5.69 Å². The van der Waals surface area contributed by atoms with E-state index in [0.717, 1.165) is 21.9 Å². The molecular formula is C48H20BF20NO2. The molecule has 3 nitrogen and oxygen atoms in total. The number of pyridine rings is 1. The third-order valence-corrected chi connectivity index (χ3v) is 11.3. The summed E-state index contributed by atoms with van der Waals surface area (Å²) in [4.78, 5) is 13.1. The second-order valence-corrected chi connectivity index (χ2v) is 15.4. The van der Waals surface area contributed by atoms with Crippen LogP contribution in [0.4, 0.5) is 87.8 Å². The van der Waals surface area contributed by atoms with Crippen molar-refractivity contribution < 1.29 is 102 Å². The van der Waals surface area contributed by atoms with Crippen LogP contribution in [0, 0.1) is 123 Å². The quantitative estimate of drug-likeness (QED) is 0.0289. The van der Waals surface area contributed by atoms with E-state index in [-0.39, 0.29) is 5.97 Å². The van der Waals surface area contributed by atoms with Gasteiger partial charge in [-0.25, -0.2) is 92.6 Å².